The van der Waals surface area contributed by atoms with Gasteiger partial charge in [-0.1, -0.05) is 38.1 Å². The van der Waals surface area contributed by atoms with Crippen molar-refractivity contribution in [2.45, 2.75) is 40.5 Å². The second-order valence-corrected chi connectivity index (χ2v) is 6.94. The van der Waals surface area contributed by atoms with E-state index in [1.54, 1.807) is 6.07 Å². The van der Waals surface area contributed by atoms with Crippen molar-refractivity contribution in [3.05, 3.63) is 58.7 Å². The summed E-state index contributed by atoms with van der Waals surface area (Å²) in [6.45, 7) is 9.46. The molecule has 144 valence electrons. The van der Waals surface area contributed by atoms with Gasteiger partial charge in [0.2, 0.25) is 0 Å². The van der Waals surface area contributed by atoms with E-state index >= 15 is 0 Å². The normalized spacial score (nSPS) is 10.6. The zero-order chi connectivity index (χ0) is 20.0. The molecule has 2 rings (SSSR count). The molecule has 0 aliphatic heterocycles. The second kappa shape index (κ2) is 9.21. The van der Waals surface area contributed by atoms with E-state index in [9.17, 15) is 9.59 Å². The monoisotopic (exact) mass is 369 g/mol. The van der Waals surface area contributed by atoms with Crippen molar-refractivity contribution in [3.63, 3.8) is 0 Å². The van der Waals surface area contributed by atoms with Gasteiger partial charge in [-0.05, 0) is 61.1 Å². The molecule has 0 spiro atoms. The number of aryl methyl sites for hydroxylation is 3. The Morgan fingerprint density at radius 1 is 0.963 bits per heavy atom. The molecular formula is C22H27NO4. The summed E-state index contributed by atoms with van der Waals surface area (Å²) in [6.07, 6.45) is 0. The fraction of sp³-hybridized carbons (Fsp3) is 0.364. The van der Waals surface area contributed by atoms with Gasteiger partial charge in [-0.3, -0.25) is 4.79 Å². The van der Waals surface area contributed by atoms with Gasteiger partial charge in [0.05, 0.1) is 0 Å². The van der Waals surface area contributed by atoms with Crippen LogP contribution in [-0.2, 0) is 14.3 Å². The molecule has 0 heterocycles. The van der Waals surface area contributed by atoms with E-state index in [1.165, 1.54) is 0 Å². The van der Waals surface area contributed by atoms with Crippen LogP contribution in [0.5, 0.6) is 5.75 Å². The molecular weight excluding hydrogens is 342 g/mol. The Bertz CT molecular complexity index is 827. The lowest BCUT2D eigenvalue weighted by molar-refractivity contribution is -0.149. The third-order valence-corrected chi connectivity index (χ3v) is 4.39. The molecule has 0 unspecified atom stereocenters. The standard InChI is InChI=1S/C22H27NO4/c1-14(2)19-8-6-7-16(4)22(19)23-20(24)12-27-21(25)13-26-18-10-9-15(3)17(5)11-18/h6-11,14H,12-13H2,1-5H3,(H,23,24). The van der Waals surface area contributed by atoms with Crippen molar-refractivity contribution in [1.82, 2.24) is 0 Å². The SMILES string of the molecule is Cc1ccc(OCC(=O)OCC(=O)Nc2c(C)cccc2C(C)C)cc1C. The van der Waals surface area contributed by atoms with Crippen LogP contribution in [0.3, 0.4) is 0 Å². The van der Waals surface area contributed by atoms with Gasteiger partial charge in [0.15, 0.2) is 13.2 Å². The van der Waals surface area contributed by atoms with E-state index in [-0.39, 0.29) is 25.0 Å². The Labute approximate surface area is 160 Å². The molecule has 0 radical (unpaired) electrons. The highest BCUT2D eigenvalue weighted by Crippen LogP contribution is 2.27. The fourth-order valence-corrected chi connectivity index (χ4v) is 2.65. The average Bonchev–Trinajstić information content (AvgIpc) is 2.62. The minimum absolute atomic E-state index is 0.239. The molecule has 5 nitrogen and oxygen atoms in total. The van der Waals surface area contributed by atoms with Crippen LogP contribution in [0.4, 0.5) is 5.69 Å². The van der Waals surface area contributed by atoms with Crippen molar-refractivity contribution in [2.24, 2.45) is 0 Å². The van der Waals surface area contributed by atoms with E-state index in [0.717, 1.165) is 27.9 Å². The van der Waals surface area contributed by atoms with Gasteiger partial charge in [-0.25, -0.2) is 4.79 Å². The average molecular weight is 369 g/mol. The summed E-state index contributed by atoms with van der Waals surface area (Å²) in [5.74, 6) is -0.0851. The Hall–Kier alpha value is -2.82. The largest absolute Gasteiger partial charge is 0.482 e. The summed E-state index contributed by atoms with van der Waals surface area (Å²) in [6, 6.07) is 11.5. The van der Waals surface area contributed by atoms with Gasteiger partial charge in [-0.2, -0.15) is 0 Å². The minimum Gasteiger partial charge on any atom is -0.482 e. The van der Waals surface area contributed by atoms with Crippen LogP contribution in [0.15, 0.2) is 36.4 Å². The first-order valence-corrected chi connectivity index (χ1v) is 9.03. The Morgan fingerprint density at radius 3 is 2.37 bits per heavy atom. The van der Waals surface area contributed by atoms with Crippen molar-refractivity contribution >= 4 is 17.6 Å². The first-order valence-electron chi connectivity index (χ1n) is 9.03. The van der Waals surface area contributed by atoms with Crippen molar-refractivity contribution < 1.29 is 19.1 Å². The highest BCUT2D eigenvalue weighted by molar-refractivity contribution is 5.94. The van der Waals surface area contributed by atoms with Crippen molar-refractivity contribution in [1.29, 1.82) is 0 Å². The van der Waals surface area contributed by atoms with Gasteiger partial charge in [0.1, 0.15) is 5.75 Å². The van der Waals surface area contributed by atoms with E-state index in [2.05, 4.69) is 19.2 Å². The number of esters is 1. The molecule has 1 N–H and O–H groups in total. The van der Waals surface area contributed by atoms with Crippen molar-refractivity contribution in [2.75, 3.05) is 18.5 Å². The summed E-state index contributed by atoms with van der Waals surface area (Å²) in [7, 11) is 0. The van der Waals surface area contributed by atoms with Gasteiger partial charge in [0.25, 0.3) is 5.91 Å². The highest BCUT2D eigenvalue weighted by atomic mass is 16.6. The molecule has 2 aromatic carbocycles. The summed E-state index contributed by atoms with van der Waals surface area (Å²) >= 11 is 0. The molecule has 2 aromatic rings. The predicted molar refractivity (Wildman–Crippen MR) is 106 cm³/mol. The molecule has 0 atom stereocenters. The fourth-order valence-electron chi connectivity index (χ4n) is 2.65. The Kier molecular flexibility index (Phi) is 6.99. The number of anilines is 1. The number of para-hydroxylation sites is 1. The van der Waals surface area contributed by atoms with Gasteiger partial charge < -0.3 is 14.8 Å². The maximum Gasteiger partial charge on any atom is 0.344 e. The summed E-state index contributed by atoms with van der Waals surface area (Å²) in [5.41, 5.74) is 5.03. The first kappa shape index (κ1) is 20.5. The number of rotatable bonds is 7. The maximum atomic E-state index is 12.2. The van der Waals surface area contributed by atoms with Gasteiger partial charge in [0, 0.05) is 5.69 Å². The molecule has 5 heteroatoms. The van der Waals surface area contributed by atoms with E-state index < -0.39 is 5.97 Å². The number of nitrogens with one attached hydrogen (secondary N) is 1. The number of hydrogen-bond acceptors (Lipinski definition) is 4. The number of ether oxygens (including phenoxy) is 2. The molecule has 0 saturated carbocycles. The van der Waals surface area contributed by atoms with Crippen LogP contribution in [0.2, 0.25) is 0 Å². The molecule has 1 amide bonds. The van der Waals surface area contributed by atoms with Crippen LogP contribution in [0, 0.1) is 20.8 Å². The molecule has 0 aliphatic rings. The lowest BCUT2D eigenvalue weighted by Gasteiger charge is -2.16. The summed E-state index contributed by atoms with van der Waals surface area (Å²) in [5, 5.41) is 2.85. The molecule has 0 aliphatic carbocycles. The predicted octanol–water partition coefficient (Wildman–Crippen LogP) is 4.30. The third-order valence-electron chi connectivity index (χ3n) is 4.39. The van der Waals surface area contributed by atoms with Crippen LogP contribution in [0.25, 0.3) is 0 Å². The number of carbonyl (C=O) groups is 2. The molecule has 0 fully saturated rings. The van der Waals surface area contributed by atoms with E-state index in [0.29, 0.717) is 5.75 Å². The second-order valence-electron chi connectivity index (χ2n) is 6.94. The molecule has 0 saturated heterocycles. The molecule has 0 bridgehead atoms. The molecule has 27 heavy (non-hydrogen) atoms. The number of hydrogen-bond donors (Lipinski definition) is 1. The summed E-state index contributed by atoms with van der Waals surface area (Å²) in [4.78, 5) is 24.0. The van der Waals surface area contributed by atoms with Crippen LogP contribution >= 0.6 is 0 Å². The van der Waals surface area contributed by atoms with Crippen LogP contribution < -0.4 is 10.1 Å². The first-order chi connectivity index (χ1) is 12.8. The Balaban J connectivity index is 1.85. The van der Waals surface area contributed by atoms with E-state index in [1.807, 2.05) is 51.1 Å². The number of benzene rings is 2. The smallest absolute Gasteiger partial charge is 0.344 e. The number of amides is 1. The van der Waals surface area contributed by atoms with Crippen molar-refractivity contribution in [3.8, 4) is 5.75 Å². The molecule has 0 aromatic heterocycles. The maximum absolute atomic E-state index is 12.2. The summed E-state index contributed by atoms with van der Waals surface area (Å²) < 4.78 is 10.4. The zero-order valence-corrected chi connectivity index (χ0v) is 16.6. The number of carbonyl (C=O) groups excluding carboxylic acids is 2. The Morgan fingerprint density at radius 2 is 1.70 bits per heavy atom. The van der Waals surface area contributed by atoms with Crippen LogP contribution in [-0.4, -0.2) is 25.1 Å². The minimum atomic E-state index is -0.586. The lowest BCUT2D eigenvalue weighted by atomic mass is 9.98. The van der Waals surface area contributed by atoms with Gasteiger partial charge in [-0.15, -0.1) is 0 Å². The highest BCUT2D eigenvalue weighted by Gasteiger charge is 2.14. The van der Waals surface area contributed by atoms with Gasteiger partial charge >= 0.3 is 5.97 Å². The van der Waals surface area contributed by atoms with Crippen LogP contribution in [0.1, 0.15) is 42.0 Å². The topological polar surface area (TPSA) is 64.6 Å². The quantitative estimate of drug-likeness (QED) is 0.739. The zero-order valence-electron chi connectivity index (χ0n) is 16.6. The lowest BCUT2D eigenvalue weighted by Crippen LogP contribution is -2.24. The third kappa shape index (κ3) is 5.84. The van der Waals surface area contributed by atoms with E-state index in [4.69, 9.17) is 9.47 Å².